The van der Waals surface area contributed by atoms with Crippen LogP contribution in [0.15, 0.2) is 71.8 Å². The number of anilines is 1. The van der Waals surface area contributed by atoms with Crippen molar-refractivity contribution in [3.05, 3.63) is 83.6 Å². The zero-order valence-corrected chi connectivity index (χ0v) is 21.1. The van der Waals surface area contributed by atoms with Gasteiger partial charge in [0.05, 0.1) is 23.4 Å². The van der Waals surface area contributed by atoms with Gasteiger partial charge in [-0.1, -0.05) is 42.5 Å². The number of nitrogens with two attached hydrogens (primary N) is 1. The lowest BCUT2D eigenvalue weighted by Crippen LogP contribution is -2.48. The number of aromatic nitrogens is 1. The van der Waals surface area contributed by atoms with E-state index in [1.165, 1.54) is 23.5 Å². The second kappa shape index (κ2) is 9.62. The lowest BCUT2D eigenvalue weighted by atomic mass is 9.76. The number of carbonyl (C=O) groups is 2. The van der Waals surface area contributed by atoms with E-state index in [1.807, 2.05) is 19.1 Å². The number of benzene rings is 2. The second-order valence-electron chi connectivity index (χ2n) is 8.93. The van der Waals surface area contributed by atoms with Gasteiger partial charge in [-0.2, -0.15) is 0 Å². The maximum absolute atomic E-state index is 13.8. The van der Waals surface area contributed by atoms with Crippen LogP contribution in [0.5, 0.6) is 5.88 Å². The molecule has 10 heteroatoms. The van der Waals surface area contributed by atoms with Crippen molar-refractivity contribution in [2.75, 3.05) is 17.4 Å². The van der Waals surface area contributed by atoms with E-state index in [0.29, 0.717) is 11.1 Å². The fourth-order valence-corrected chi connectivity index (χ4v) is 5.77. The number of primary amides is 1. The summed E-state index contributed by atoms with van der Waals surface area (Å²) >= 11 is 0. The monoisotopic (exact) mass is 508 g/mol. The topological polar surface area (TPSA) is 132 Å². The molecule has 0 fully saturated rings. The van der Waals surface area contributed by atoms with Crippen molar-refractivity contribution < 1.29 is 22.7 Å². The number of hydrogen-bond donors (Lipinski definition) is 2. The smallest absolute Gasteiger partial charge is 0.264 e. The molecule has 0 saturated heterocycles. The van der Waals surface area contributed by atoms with Gasteiger partial charge in [-0.15, -0.1) is 0 Å². The van der Waals surface area contributed by atoms with Crippen molar-refractivity contribution in [1.29, 1.82) is 0 Å². The van der Waals surface area contributed by atoms with Gasteiger partial charge in [0.15, 0.2) is 0 Å². The summed E-state index contributed by atoms with van der Waals surface area (Å²) < 4.78 is 34.8. The van der Waals surface area contributed by atoms with Crippen LogP contribution in [0.1, 0.15) is 30.5 Å². The molecule has 4 rings (SSSR count). The molecule has 1 aromatic heterocycles. The maximum atomic E-state index is 13.8. The highest BCUT2D eigenvalue weighted by Crippen LogP contribution is 2.40. The Hall–Kier alpha value is -3.92. The number of nitrogens with one attached hydrogen (secondary N) is 1. The summed E-state index contributed by atoms with van der Waals surface area (Å²) in [5, 5.41) is 2.66. The summed E-state index contributed by atoms with van der Waals surface area (Å²) in [5.41, 5.74) is 6.64. The SMILES string of the molecule is CC(=O)NC[C@H]1CN(S(=O)(=O)c2cccc(C)c2)c2cc(C(C)(C(N)=O)c3ccccc3)cnc2O1. The van der Waals surface area contributed by atoms with Gasteiger partial charge >= 0.3 is 0 Å². The Bertz CT molecular complexity index is 1410. The van der Waals surface area contributed by atoms with Crippen LogP contribution in [0.4, 0.5) is 5.69 Å². The van der Waals surface area contributed by atoms with E-state index in [0.717, 1.165) is 5.56 Å². The average Bonchev–Trinajstić information content (AvgIpc) is 2.86. The molecule has 2 heterocycles. The van der Waals surface area contributed by atoms with Crippen molar-refractivity contribution in [1.82, 2.24) is 10.3 Å². The van der Waals surface area contributed by atoms with Crippen LogP contribution >= 0.6 is 0 Å². The molecular weight excluding hydrogens is 480 g/mol. The van der Waals surface area contributed by atoms with Crippen molar-refractivity contribution in [2.45, 2.75) is 37.2 Å². The highest BCUT2D eigenvalue weighted by molar-refractivity contribution is 7.92. The Kier molecular flexibility index (Phi) is 6.73. The first kappa shape index (κ1) is 25.2. The number of amides is 2. The number of aryl methyl sites for hydroxylation is 1. The van der Waals surface area contributed by atoms with E-state index < -0.39 is 27.4 Å². The van der Waals surface area contributed by atoms with Gasteiger partial charge in [-0.25, -0.2) is 13.4 Å². The molecule has 3 N–H and O–H groups in total. The van der Waals surface area contributed by atoms with E-state index >= 15 is 0 Å². The second-order valence-corrected chi connectivity index (χ2v) is 10.8. The predicted molar refractivity (Wildman–Crippen MR) is 135 cm³/mol. The molecule has 2 amide bonds. The third-order valence-corrected chi connectivity index (χ3v) is 8.10. The van der Waals surface area contributed by atoms with Gasteiger partial charge in [0.25, 0.3) is 10.0 Å². The fourth-order valence-electron chi connectivity index (χ4n) is 4.18. The number of fused-ring (bicyclic) bond motifs is 1. The maximum Gasteiger partial charge on any atom is 0.264 e. The van der Waals surface area contributed by atoms with Crippen LogP contribution in [0.2, 0.25) is 0 Å². The number of ether oxygens (including phenoxy) is 1. The summed E-state index contributed by atoms with van der Waals surface area (Å²) in [4.78, 5) is 28.7. The van der Waals surface area contributed by atoms with Crippen molar-refractivity contribution in [3.63, 3.8) is 0 Å². The van der Waals surface area contributed by atoms with E-state index in [2.05, 4.69) is 10.3 Å². The Morgan fingerprint density at radius 2 is 1.86 bits per heavy atom. The number of carbonyl (C=O) groups excluding carboxylic acids is 2. The number of hydrogen-bond acceptors (Lipinski definition) is 6. The van der Waals surface area contributed by atoms with E-state index in [1.54, 1.807) is 49.4 Å². The average molecular weight is 509 g/mol. The Morgan fingerprint density at radius 3 is 2.50 bits per heavy atom. The number of pyridine rings is 1. The normalized spacial score (nSPS) is 16.9. The molecule has 1 aliphatic heterocycles. The molecule has 36 heavy (non-hydrogen) atoms. The van der Waals surface area contributed by atoms with Crippen LogP contribution in [-0.4, -0.2) is 44.4 Å². The van der Waals surface area contributed by atoms with E-state index in [-0.39, 0.29) is 35.5 Å². The highest BCUT2D eigenvalue weighted by atomic mass is 32.2. The zero-order valence-electron chi connectivity index (χ0n) is 20.3. The largest absolute Gasteiger partial charge is 0.469 e. The molecule has 188 valence electrons. The number of nitrogens with zero attached hydrogens (tertiary/aromatic N) is 2. The molecule has 2 atom stereocenters. The quantitative estimate of drug-likeness (QED) is 0.503. The van der Waals surface area contributed by atoms with Crippen LogP contribution in [0, 0.1) is 6.92 Å². The molecule has 1 aliphatic rings. The molecule has 9 nitrogen and oxygen atoms in total. The van der Waals surface area contributed by atoms with Gasteiger partial charge in [0, 0.05) is 13.1 Å². The van der Waals surface area contributed by atoms with Gasteiger partial charge < -0.3 is 15.8 Å². The molecule has 2 aromatic carbocycles. The van der Waals surface area contributed by atoms with Crippen molar-refractivity contribution >= 4 is 27.5 Å². The third kappa shape index (κ3) is 4.64. The zero-order chi connectivity index (χ0) is 26.1. The van der Waals surface area contributed by atoms with Crippen molar-refractivity contribution in [3.8, 4) is 5.88 Å². The molecule has 3 aromatic rings. The van der Waals surface area contributed by atoms with Gasteiger partial charge in [0.1, 0.15) is 11.8 Å². The summed E-state index contributed by atoms with van der Waals surface area (Å²) in [6.45, 7) is 4.89. The molecular formula is C26H28N4O5S. The first-order chi connectivity index (χ1) is 17.0. The van der Waals surface area contributed by atoms with Crippen molar-refractivity contribution in [2.24, 2.45) is 5.73 Å². The summed E-state index contributed by atoms with van der Waals surface area (Å²) in [7, 11) is -4.03. The standard InChI is InChI=1S/C26H28N4O5S/c1-17-8-7-11-22(12-17)36(33,34)30-16-21(15-28-18(2)31)35-24-23(30)13-20(14-29-24)26(3,25(27)32)19-9-5-4-6-10-19/h4-14,21H,15-16H2,1-3H3,(H2,27,32)(H,28,31)/t21-,26?/m0/s1. The van der Waals surface area contributed by atoms with Gasteiger partial charge in [-0.3, -0.25) is 13.9 Å². The Morgan fingerprint density at radius 1 is 1.14 bits per heavy atom. The van der Waals surface area contributed by atoms with Gasteiger partial charge in [-0.05, 0) is 48.7 Å². The molecule has 0 saturated carbocycles. The minimum absolute atomic E-state index is 0.0622. The fraction of sp³-hybridized carbons (Fsp3) is 0.269. The first-order valence-electron chi connectivity index (χ1n) is 11.4. The summed E-state index contributed by atoms with van der Waals surface area (Å²) in [6.07, 6.45) is 0.797. The van der Waals surface area contributed by atoms with Crippen LogP contribution in [0.25, 0.3) is 0 Å². The highest BCUT2D eigenvalue weighted by Gasteiger charge is 2.40. The molecule has 0 bridgehead atoms. The third-order valence-electron chi connectivity index (χ3n) is 6.33. The van der Waals surface area contributed by atoms with Crippen LogP contribution < -0.4 is 20.1 Å². The van der Waals surface area contributed by atoms with E-state index in [9.17, 15) is 18.0 Å². The summed E-state index contributed by atoms with van der Waals surface area (Å²) in [6, 6.07) is 17.2. The van der Waals surface area contributed by atoms with Crippen LogP contribution in [-0.2, 0) is 25.0 Å². The lowest BCUT2D eigenvalue weighted by molar-refractivity contribution is -0.121. The molecule has 0 radical (unpaired) electrons. The van der Waals surface area contributed by atoms with Crippen LogP contribution in [0.3, 0.4) is 0 Å². The minimum Gasteiger partial charge on any atom is -0.469 e. The Labute approximate surface area is 210 Å². The molecule has 0 spiro atoms. The lowest BCUT2D eigenvalue weighted by Gasteiger charge is -2.36. The number of sulfonamides is 1. The minimum atomic E-state index is -4.03. The summed E-state index contributed by atoms with van der Waals surface area (Å²) in [5.74, 6) is -0.791. The van der Waals surface area contributed by atoms with E-state index in [4.69, 9.17) is 10.5 Å². The number of rotatable bonds is 7. The molecule has 0 aliphatic carbocycles. The molecule has 1 unspecified atom stereocenters. The Balaban J connectivity index is 1.86. The first-order valence-corrected chi connectivity index (χ1v) is 12.8. The predicted octanol–water partition coefficient (Wildman–Crippen LogP) is 2.27. The van der Waals surface area contributed by atoms with Gasteiger partial charge in [0.2, 0.25) is 17.7 Å².